The van der Waals surface area contributed by atoms with Gasteiger partial charge in [0.05, 0.1) is 26.4 Å². The van der Waals surface area contributed by atoms with E-state index < -0.39 is 0 Å². The lowest BCUT2D eigenvalue weighted by atomic mass is 10.1. The Bertz CT molecular complexity index is 1200. The molecule has 2 aromatic carbocycles. The van der Waals surface area contributed by atoms with Crippen molar-refractivity contribution < 1.29 is 28.5 Å². The van der Waals surface area contributed by atoms with Crippen LogP contribution in [0.25, 0.3) is 11.4 Å². The summed E-state index contributed by atoms with van der Waals surface area (Å²) in [5, 5.41) is 18.0. The second-order valence-corrected chi connectivity index (χ2v) is 8.11. The summed E-state index contributed by atoms with van der Waals surface area (Å²) in [6.07, 6.45) is -0.622. The lowest BCUT2D eigenvalue weighted by molar-refractivity contribution is 0.0624. The standard InChI is InChI=1S/C22H22N6O6/c1-30-14-5-3-13(4-6-14)23-22(29)24-15-9-31-20-16(10-32-19(15)20)28-21(25-26-27-28)12-2-7-17-18(8-12)34-11-33-17/h2-8,15-16,19-20H,9-11H2,1H3,(H2,23,24,29). The first-order valence-corrected chi connectivity index (χ1v) is 10.8. The molecule has 0 spiro atoms. The Hall–Kier alpha value is -3.90. The molecule has 4 unspecified atom stereocenters. The minimum atomic E-state index is -0.338. The molecule has 0 bridgehead atoms. The zero-order valence-corrected chi connectivity index (χ0v) is 18.2. The summed E-state index contributed by atoms with van der Waals surface area (Å²) in [6.45, 7) is 0.873. The Morgan fingerprint density at radius 3 is 2.74 bits per heavy atom. The van der Waals surface area contributed by atoms with Gasteiger partial charge in [-0.2, -0.15) is 0 Å². The number of aromatic nitrogens is 4. The van der Waals surface area contributed by atoms with Gasteiger partial charge in [-0.15, -0.1) is 5.10 Å². The second kappa shape index (κ2) is 8.47. The van der Waals surface area contributed by atoms with Gasteiger partial charge in [-0.1, -0.05) is 0 Å². The summed E-state index contributed by atoms with van der Waals surface area (Å²) in [6, 6.07) is 11.8. The molecule has 12 heteroatoms. The number of ether oxygens (including phenoxy) is 5. The van der Waals surface area contributed by atoms with Gasteiger partial charge in [0.15, 0.2) is 17.3 Å². The van der Waals surface area contributed by atoms with Crippen molar-refractivity contribution in [3.63, 3.8) is 0 Å². The summed E-state index contributed by atoms with van der Waals surface area (Å²) < 4.78 is 29.8. The highest BCUT2D eigenvalue weighted by molar-refractivity contribution is 5.89. The summed E-state index contributed by atoms with van der Waals surface area (Å²) in [7, 11) is 1.59. The molecular formula is C22H22N6O6. The lowest BCUT2D eigenvalue weighted by Crippen LogP contribution is -2.45. The molecular weight excluding hydrogens is 444 g/mol. The summed E-state index contributed by atoms with van der Waals surface area (Å²) in [5.41, 5.74) is 1.45. The van der Waals surface area contributed by atoms with Crippen molar-refractivity contribution in [2.24, 2.45) is 0 Å². The number of methoxy groups -OCH3 is 1. The SMILES string of the molecule is COc1ccc(NC(=O)NC2COC3C2OCC3n2nnnc2-c2ccc3c(c2)OCO3)cc1. The maximum Gasteiger partial charge on any atom is 0.319 e. The summed E-state index contributed by atoms with van der Waals surface area (Å²) in [5.74, 6) is 2.63. The molecule has 4 atom stereocenters. The van der Waals surface area contributed by atoms with Crippen molar-refractivity contribution in [2.45, 2.75) is 24.3 Å². The number of benzene rings is 2. The van der Waals surface area contributed by atoms with Gasteiger partial charge in [-0.3, -0.25) is 0 Å². The van der Waals surface area contributed by atoms with Crippen LogP contribution in [0.4, 0.5) is 10.5 Å². The molecule has 2 N–H and O–H groups in total. The van der Waals surface area contributed by atoms with Gasteiger partial charge in [0.2, 0.25) is 6.79 Å². The number of fused-ring (bicyclic) bond motifs is 2. The van der Waals surface area contributed by atoms with Crippen LogP contribution in [0.15, 0.2) is 42.5 Å². The van der Waals surface area contributed by atoms with Crippen LogP contribution in [0, 0.1) is 0 Å². The fourth-order valence-electron chi connectivity index (χ4n) is 4.47. The van der Waals surface area contributed by atoms with E-state index in [-0.39, 0.29) is 37.1 Å². The van der Waals surface area contributed by atoms with E-state index in [1.807, 2.05) is 18.2 Å². The molecule has 34 heavy (non-hydrogen) atoms. The maximum absolute atomic E-state index is 12.5. The van der Waals surface area contributed by atoms with E-state index in [0.29, 0.717) is 42.0 Å². The van der Waals surface area contributed by atoms with Crippen LogP contribution in [0.1, 0.15) is 6.04 Å². The third-order valence-corrected chi connectivity index (χ3v) is 6.13. The zero-order chi connectivity index (χ0) is 23.1. The highest BCUT2D eigenvalue weighted by atomic mass is 16.7. The van der Waals surface area contributed by atoms with Crippen LogP contribution in [0.3, 0.4) is 0 Å². The highest BCUT2D eigenvalue weighted by Gasteiger charge is 2.50. The van der Waals surface area contributed by atoms with Crippen molar-refractivity contribution in [3.8, 4) is 28.6 Å². The monoisotopic (exact) mass is 466 g/mol. The number of nitrogens with zero attached hydrogens (tertiary/aromatic N) is 4. The van der Waals surface area contributed by atoms with Gasteiger partial charge >= 0.3 is 6.03 Å². The molecule has 0 aliphatic carbocycles. The maximum atomic E-state index is 12.5. The van der Waals surface area contributed by atoms with Crippen molar-refractivity contribution in [2.75, 3.05) is 32.4 Å². The number of rotatable bonds is 5. The third kappa shape index (κ3) is 3.66. The number of nitrogens with one attached hydrogen (secondary N) is 2. The van der Waals surface area contributed by atoms with E-state index >= 15 is 0 Å². The number of anilines is 1. The average Bonchev–Trinajstić information content (AvgIpc) is 3.64. The molecule has 6 rings (SSSR count). The number of amides is 2. The van der Waals surface area contributed by atoms with E-state index in [4.69, 9.17) is 23.7 Å². The first-order valence-electron chi connectivity index (χ1n) is 10.8. The smallest absolute Gasteiger partial charge is 0.319 e. The number of hydrogen-bond acceptors (Lipinski definition) is 9. The van der Waals surface area contributed by atoms with Crippen molar-refractivity contribution in [3.05, 3.63) is 42.5 Å². The molecule has 1 aromatic heterocycles. The number of carbonyl (C=O) groups excluding carboxylic acids is 1. The minimum Gasteiger partial charge on any atom is -0.497 e. The van der Waals surface area contributed by atoms with Crippen LogP contribution in [-0.2, 0) is 9.47 Å². The first-order chi connectivity index (χ1) is 16.7. The van der Waals surface area contributed by atoms with Gasteiger partial charge in [0.25, 0.3) is 0 Å². The number of carbonyl (C=O) groups is 1. The fraction of sp³-hybridized carbons (Fsp3) is 0.364. The van der Waals surface area contributed by atoms with E-state index in [0.717, 1.165) is 5.56 Å². The van der Waals surface area contributed by atoms with Crippen molar-refractivity contribution >= 4 is 11.7 Å². The van der Waals surface area contributed by atoms with Crippen molar-refractivity contribution in [1.82, 2.24) is 25.5 Å². The Kier molecular flexibility index (Phi) is 5.15. The summed E-state index contributed by atoms with van der Waals surface area (Å²) in [4.78, 5) is 12.5. The molecule has 0 saturated carbocycles. The number of hydrogen-bond donors (Lipinski definition) is 2. The van der Waals surface area contributed by atoms with Crippen LogP contribution in [-0.4, -0.2) is 71.6 Å². The second-order valence-electron chi connectivity index (χ2n) is 8.11. The Balaban J connectivity index is 1.13. The molecule has 4 heterocycles. The Labute approximate surface area is 194 Å². The van der Waals surface area contributed by atoms with E-state index in [2.05, 4.69) is 26.2 Å². The van der Waals surface area contributed by atoms with Gasteiger partial charge in [-0.25, -0.2) is 9.48 Å². The number of tetrazole rings is 1. The Morgan fingerprint density at radius 1 is 1.06 bits per heavy atom. The average molecular weight is 466 g/mol. The molecule has 0 radical (unpaired) electrons. The van der Waals surface area contributed by atoms with E-state index in [1.165, 1.54) is 0 Å². The molecule has 3 aliphatic rings. The van der Waals surface area contributed by atoms with Gasteiger partial charge in [0, 0.05) is 11.3 Å². The van der Waals surface area contributed by atoms with Crippen molar-refractivity contribution in [1.29, 1.82) is 0 Å². The minimum absolute atomic E-state index is 0.193. The van der Waals surface area contributed by atoms with Crippen LogP contribution >= 0.6 is 0 Å². The Morgan fingerprint density at radius 2 is 1.88 bits per heavy atom. The van der Waals surface area contributed by atoms with E-state index in [1.54, 1.807) is 36.1 Å². The fourth-order valence-corrected chi connectivity index (χ4v) is 4.47. The quantitative estimate of drug-likeness (QED) is 0.576. The third-order valence-electron chi connectivity index (χ3n) is 6.13. The molecule has 3 aromatic rings. The van der Waals surface area contributed by atoms with Gasteiger partial charge in [0.1, 0.15) is 24.0 Å². The normalized spacial score (nSPS) is 24.6. The molecule has 2 fully saturated rings. The topological polar surface area (TPSA) is 131 Å². The molecule has 3 aliphatic heterocycles. The van der Waals surface area contributed by atoms with Crippen LogP contribution in [0.5, 0.6) is 17.2 Å². The zero-order valence-electron chi connectivity index (χ0n) is 18.2. The highest BCUT2D eigenvalue weighted by Crippen LogP contribution is 2.38. The lowest BCUT2D eigenvalue weighted by Gasteiger charge is -2.18. The largest absolute Gasteiger partial charge is 0.497 e. The molecule has 176 valence electrons. The molecule has 2 amide bonds. The number of urea groups is 1. The first kappa shape index (κ1) is 20.7. The van der Waals surface area contributed by atoms with Crippen LogP contribution in [0.2, 0.25) is 0 Å². The van der Waals surface area contributed by atoms with Gasteiger partial charge in [-0.05, 0) is 52.9 Å². The van der Waals surface area contributed by atoms with E-state index in [9.17, 15) is 4.79 Å². The predicted octanol–water partition coefficient (Wildman–Crippen LogP) is 1.61. The van der Waals surface area contributed by atoms with Gasteiger partial charge < -0.3 is 34.3 Å². The predicted molar refractivity (Wildman–Crippen MR) is 117 cm³/mol. The summed E-state index contributed by atoms with van der Waals surface area (Å²) >= 11 is 0. The molecule has 12 nitrogen and oxygen atoms in total. The van der Waals surface area contributed by atoms with Crippen LogP contribution < -0.4 is 24.8 Å². The molecule has 2 saturated heterocycles.